The Hall–Kier alpha value is -3.21. The molecule has 0 aliphatic carbocycles. The van der Waals surface area contributed by atoms with Gasteiger partial charge in [0, 0.05) is 18.1 Å². The van der Waals surface area contributed by atoms with E-state index in [1.54, 1.807) is 6.92 Å². The molecule has 11 nitrogen and oxygen atoms in total. The zero-order valence-electron chi connectivity index (χ0n) is 21.0. The lowest BCUT2D eigenvalue weighted by Gasteiger charge is -2.46. The smallest absolute Gasteiger partial charge is 0.441 e. The van der Waals surface area contributed by atoms with Crippen LogP contribution in [0.1, 0.15) is 40.2 Å². The van der Waals surface area contributed by atoms with Gasteiger partial charge in [0.15, 0.2) is 8.32 Å². The van der Waals surface area contributed by atoms with Gasteiger partial charge in [0.05, 0.1) is 23.0 Å². The lowest BCUT2D eigenvalue weighted by atomic mass is 9.76. The second kappa shape index (κ2) is 10.6. The van der Waals surface area contributed by atoms with Crippen molar-refractivity contribution < 1.29 is 33.3 Å². The van der Waals surface area contributed by atoms with Crippen LogP contribution in [0.25, 0.3) is 5.53 Å². The second-order valence-electron chi connectivity index (χ2n) is 10.2. The molecule has 1 aliphatic heterocycles. The van der Waals surface area contributed by atoms with E-state index < -0.39 is 54.7 Å². The number of β-lactam (4-membered cyclic amide) rings is 1. The number of esters is 1. The number of nitro benzene ring substituents is 1. The Labute approximate surface area is 205 Å². The van der Waals surface area contributed by atoms with Gasteiger partial charge in [0.2, 0.25) is 5.91 Å². The predicted octanol–water partition coefficient (Wildman–Crippen LogP) is 3.04. The average molecular weight is 505 g/mol. The molecule has 1 fully saturated rings. The Morgan fingerprint density at radius 3 is 2.26 bits per heavy atom. The van der Waals surface area contributed by atoms with Crippen molar-refractivity contribution in [2.45, 2.75) is 71.5 Å². The molecule has 1 aliphatic rings. The first kappa shape index (κ1) is 28.0. The summed E-state index contributed by atoms with van der Waals surface area (Å²) in [4.78, 5) is 50.7. The Balaban J connectivity index is 2.05. The first-order valence-electron chi connectivity index (χ1n) is 11.3. The zero-order chi connectivity index (χ0) is 26.7. The third-order valence-electron chi connectivity index (χ3n) is 6.79. The monoisotopic (exact) mass is 504 g/mol. The molecule has 1 N–H and O–H groups in total. The number of carbonyl (C=O) groups is 3. The first-order valence-corrected chi connectivity index (χ1v) is 14.2. The molecule has 4 atom stereocenters. The summed E-state index contributed by atoms with van der Waals surface area (Å²) in [5.41, 5.74) is 8.87. The van der Waals surface area contributed by atoms with Crippen molar-refractivity contribution in [3.8, 4) is 0 Å². The van der Waals surface area contributed by atoms with Gasteiger partial charge in [0.1, 0.15) is 6.61 Å². The van der Waals surface area contributed by atoms with Crippen LogP contribution in [0.4, 0.5) is 5.69 Å². The van der Waals surface area contributed by atoms with Crippen LogP contribution in [0, 0.1) is 22.0 Å². The minimum atomic E-state index is -2.17. The van der Waals surface area contributed by atoms with Gasteiger partial charge in [-0.05, 0) is 42.8 Å². The molecule has 0 saturated carbocycles. The van der Waals surface area contributed by atoms with Gasteiger partial charge >= 0.3 is 11.7 Å². The minimum absolute atomic E-state index is 0.0669. The Bertz CT molecular complexity index is 1060. The van der Waals surface area contributed by atoms with Crippen LogP contribution in [0.3, 0.4) is 0 Å². The zero-order valence-corrected chi connectivity index (χ0v) is 22.0. The average Bonchev–Trinajstić information content (AvgIpc) is 2.74. The fraction of sp³-hybridized carbons (Fsp3) is 0.565. The van der Waals surface area contributed by atoms with Crippen LogP contribution in [-0.2, 0) is 30.2 Å². The van der Waals surface area contributed by atoms with Gasteiger partial charge in [-0.3, -0.25) is 19.7 Å². The Kier molecular flexibility index (Phi) is 8.48. The maximum absolute atomic E-state index is 13.0. The number of amides is 1. The molecular formula is C23H32N4O7Si. The standard InChI is InChI=1S/C23H32N4O7Si/c1-13(18-17(21(29)25-18)14(2)34-35(6,7)23(3,4)5)20(28)19(26-24)22(30)33-12-15-8-10-16(11-9-15)27(31)32/h8-11,13-14,17-18H,12H2,1-7H3,(H,25,29)/t13?,14-,17-,18-/m1/s1. The summed E-state index contributed by atoms with van der Waals surface area (Å²) in [6, 6.07) is 4.72. The van der Waals surface area contributed by atoms with Gasteiger partial charge in [-0.2, -0.15) is 4.79 Å². The highest BCUT2D eigenvalue weighted by molar-refractivity contribution is 6.74. The van der Waals surface area contributed by atoms with E-state index in [-0.39, 0.29) is 23.2 Å². The highest BCUT2D eigenvalue weighted by Gasteiger charge is 2.52. The van der Waals surface area contributed by atoms with Gasteiger partial charge in [-0.15, -0.1) is 0 Å². The SMILES string of the molecule is CC(C(=O)C(=[N+]=[N-])C(=O)OCc1ccc([N+](=O)[O-])cc1)[C@H]1NC(=O)[C@@H]1[C@@H](C)O[Si](C)(C)C(C)(C)C. The van der Waals surface area contributed by atoms with Gasteiger partial charge in [-0.1, -0.05) is 27.7 Å². The summed E-state index contributed by atoms with van der Waals surface area (Å²) >= 11 is 0. The molecular weight excluding hydrogens is 472 g/mol. The van der Waals surface area contributed by atoms with Crippen LogP contribution >= 0.6 is 0 Å². The molecule has 2 rings (SSSR count). The maximum Gasteiger partial charge on any atom is 0.441 e. The lowest BCUT2D eigenvalue weighted by Crippen LogP contribution is -2.67. The number of hydrogen-bond acceptors (Lipinski definition) is 7. The number of Topliss-reactive ketones (excluding diaryl/α,β-unsaturated/α-hetero) is 1. The number of non-ortho nitro benzene ring substituents is 1. The van der Waals surface area contributed by atoms with E-state index in [9.17, 15) is 30.0 Å². The number of benzene rings is 1. The van der Waals surface area contributed by atoms with Crippen molar-refractivity contribution in [3.63, 3.8) is 0 Å². The van der Waals surface area contributed by atoms with E-state index in [4.69, 9.17) is 9.16 Å². The maximum atomic E-state index is 13.0. The minimum Gasteiger partial charge on any atom is -0.452 e. The molecule has 0 bridgehead atoms. The highest BCUT2D eigenvalue weighted by atomic mass is 28.4. The molecule has 0 radical (unpaired) electrons. The number of hydrogen-bond donors (Lipinski definition) is 1. The largest absolute Gasteiger partial charge is 0.452 e. The topological polar surface area (TPSA) is 161 Å². The van der Waals surface area contributed by atoms with Crippen molar-refractivity contribution >= 4 is 37.4 Å². The van der Waals surface area contributed by atoms with Crippen molar-refractivity contribution in [1.29, 1.82) is 0 Å². The van der Waals surface area contributed by atoms with Crippen LogP contribution in [0.15, 0.2) is 24.3 Å². The summed E-state index contributed by atoms with van der Waals surface area (Å²) in [7, 11) is -2.17. The van der Waals surface area contributed by atoms with Crippen LogP contribution in [-0.4, -0.2) is 53.5 Å². The quantitative estimate of drug-likeness (QED) is 0.0589. The number of nitrogens with one attached hydrogen (secondary N) is 1. The van der Waals surface area contributed by atoms with Gasteiger partial charge in [0.25, 0.3) is 11.5 Å². The van der Waals surface area contributed by atoms with E-state index in [2.05, 4.69) is 44.0 Å². The fourth-order valence-corrected chi connectivity index (χ4v) is 5.00. The number of carbonyl (C=O) groups excluding carboxylic acids is 3. The fourth-order valence-electron chi connectivity index (χ4n) is 3.57. The molecule has 1 saturated heterocycles. The molecule has 1 aromatic rings. The highest BCUT2D eigenvalue weighted by Crippen LogP contribution is 2.39. The summed E-state index contributed by atoms with van der Waals surface area (Å²) in [6.45, 7) is 13.5. The summed E-state index contributed by atoms with van der Waals surface area (Å²) in [6.07, 6.45) is -0.450. The Morgan fingerprint density at radius 2 is 1.80 bits per heavy atom. The van der Waals surface area contributed by atoms with Crippen molar-refractivity contribution in [2.75, 3.05) is 0 Å². The van der Waals surface area contributed by atoms with Crippen molar-refractivity contribution in [3.05, 3.63) is 45.5 Å². The first-order chi connectivity index (χ1) is 16.1. The number of nitrogens with zero attached hydrogens (tertiary/aromatic N) is 3. The van der Waals surface area contributed by atoms with Crippen LogP contribution in [0.2, 0.25) is 18.1 Å². The molecule has 1 unspecified atom stereocenters. The second-order valence-corrected chi connectivity index (χ2v) is 15.0. The van der Waals surface area contributed by atoms with E-state index in [1.807, 2.05) is 0 Å². The Morgan fingerprint density at radius 1 is 1.23 bits per heavy atom. The van der Waals surface area contributed by atoms with Crippen LogP contribution in [0.5, 0.6) is 0 Å². The molecule has 1 amide bonds. The number of nitro groups is 1. The molecule has 35 heavy (non-hydrogen) atoms. The van der Waals surface area contributed by atoms with E-state index in [0.29, 0.717) is 5.56 Å². The molecule has 0 spiro atoms. The molecule has 0 aromatic heterocycles. The third kappa shape index (κ3) is 6.27. The normalized spacial score (nSPS) is 19.5. The van der Waals surface area contributed by atoms with Crippen molar-refractivity contribution in [2.24, 2.45) is 11.8 Å². The van der Waals surface area contributed by atoms with Crippen LogP contribution < -0.4 is 5.32 Å². The number of rotatable bonds is 10. The van der Waals surface area contributed by atoms with E-state index in [0.717, 1.165) is 0 Å². The van der Waals surface area contributed by atoms with Crippen molar-refractivity contribution in [1.82, 2.24) is 5.32 Å². The third-order valence-corrected chi connectivity index (χ3v) is 11.4. The summed E-state index contributed by atoms with van der Waals surface area (Å²) in [5, 5.41) is 13.4. The van der Waals surface area contributed by atoms with Gasteiger partial charge < -0.3 is 20.0 Å². The number of ketones is 1. The van der Waals surface area contributed by atoms with E-state index in [1.165, 1.54) is 31.2 Å². The number of ether oxygens (including phenoxy) is 1. The molecule has 1 aromatic carbocycles. The summed E-state index contributed by atoms with van der Waals surface area (Å²) in [5.74, 6) is -3.64. The molecule has 12 heteroatoms. The van der Waals surface area contributed by atoms with E-state index >= 15 is 0 Å². The summed E-state index contributed by atoms with van der Waals surface area (Å²) < 4.78 is 11.4. The molecule has 190 valence electrons. The van der Waals surface area contributed by atoms with Gasteiger partial charge in [-0.25, -0.2) is 4.79 Å². The molecule has 1 heterocycles. The predicted molar refractivity (Wildman–Crippen MR) is 129 cm³/mol. The lowest BCUT2D eigenvalue weighted by molar-refractivity contribution is -0.384.